The summed E-state index contributed by atoms with van der Waals surface area (Å²) in [5.74, 6) is -0.0580. The molecule has 0 unspecified atom stereocenters. The second kappa shape index (κ2) is 5.09. The summed E-state index contributed by atoms with van der Waals surface area (Å²) in [5.41, 5.74) is 2.23. The highest BCUT2D eigenvalue weighted by molar-refractivity contribution is 5.92. The number of nitrogens with one attached hydrogen (secondary N) is 2. The van der Waals surface area contributed by atoms with Crippen molar-refractivity contribution in [2.75, 3.05) is 0 Å². The molecule has 2 heterocycles. The van der Waals surface area contributed by atoms with Gasteiger partial charge in [-0.1, -0.05) is 0 Å². The van der Waals surface area contributed by atoms with Crippen LogP contribution in [0.5, 0.6) is 0 Å². The third kappa shape index (κ3) is 2.91. The van der Waals surface area contributed by atoms with Crippen molar-refractivity contribution in [3.8, 4) is 0 Å². The van der Waals surface area contributed by atoms with Crippen molar-refractivity contribution < 1.29 is 9.21 Å². The van der Waals surface area contributed by atoms with Gasteiger partial charge in [0.15, 0.2) is 0 Å². The van der Waals surface area contributed by atoms with Crippen LogP contribution in [0.1, 0.15) is 21.9 Å². The highest BCUT2D eigenvalue weighted by Crippen LogP contribution is 1.96. The number of rotatable bonds is 3. The van der Waals surface area contributed by atoms with Gasteiger partial charge in [-0.2, -0.15) is 10.1 Å². The molecule has 7 heteroatoms. The SMILES string of the molecule is Cc1cc(C(=O)N/N=C/c2ccco2)nc(=O)[nH]1. The van der Waals surface area contributed by atoms with Crippen LogP contribution in [0, 0.1) is 6.92 Å². The number of amides is 1. The Bertz CT molecular complexity index is 628. The van der Waals surface area contributed by atoms with Gasteiger partial charge in [0, 0.05) is 5.69 Å². The van der Waals surface area contributed by atoms with Crippen LogP contribution in [-0.2, 0) is 0 Å². The van der Waals surface area contributed by atoms with E-state index in [0.29, 0.717) is 11.5 Å². The number of carbonyl (C=O) groups is 1. The highest BCUT2D eigenvalue weighted by atomic mass is 16.3. The molecule has 0 aliphatic rings. The number of aromatic amines is 1. The zero-order valence-corrected chi connectivity index (χ0v) is 9.51. The average molecular weight is 246 g/mol. The fourth-order valence-corrected chi connectivity index (χ4v) is 1.27. The van der Waals surface area contributed by atoms with E-state index in [0.717, 1.165) is 0 Å². The number of hydrogen-bond donors (Lipinski definition) is 2. The van der Waals surface area contributed by atoms with Gasteiger partial charge in [0.1, 0.15) is 11.5 Å². The van der Waals surface area contributed by atoms with Gasteiger partial charge in [0.05, 0.1) is 12.5 Å². The van der Waals surface area contributed by atoms with Gasteiger partial charge in [-0.3, -0.25) is 4.79 Å². The fraction of sp³-hybridized carbons (Fsp3) is 0.0909. The Hall–Kier alpha value is -2.70. The lowest BCUT2D eigenvalue weighted by molar-refractivity contribution is 0.0949. The van der Waals surface area contributed by atoms with E-state index in [1.807, 2.05) is 0 Å². The molecule has 0 aliphatic heterocycles. The lowest BCUT2D eigenvalue weighted by Gasteiger charge is -1.98. The van der Waals surface area contributed by atoms with Crippen molar-refractivity contribution >= 4 is 12.1 Å². The van der Waals surface area contributed by atoms with Crippen molar-refractivity contribution in [1.82, 2.24) is 15.4 Å². The maximum Gasteiger partial charge on any atom is 0.345 e. The first-order valence-electron chi connectivity index (χ1n) is 5.10. The number of H-pyrrole nitrogens is 1. The van der Waals surface area contributed by atoms with E-state index in [1.165, 1.54) is 18.5 Å². The van der Waals surface area contributed by atoms with Crippen molar-refractivity contribution in [3.05, 3.63) is 52.1 Å². The Balaban J connectivity index is 2.06. The Kier molecular flexibility index (Phi) is 3.33. The van der Waals surface area contributed by atoms with Crippen molar-refractivity contribution in [2.45, 2.75) is 6.92 Å². The Morgan fingerprint density at radius 2 is 2.44 bits per heavy atom. The molecule has 2 aromatic rings. The maximum absolute atomic E-state index is 11.6. The van der Waals surface area contributed by atoms with Crippen LogP contribution in [0.3, 0.4) is 0 Å². The quantitative estimate of drug-likeness (QED) is 0.606. The topological polar surface area (TPSA) is 100 Å². The summed E-state index contributed by atoms with van der Waals surface area (Å²) >= 11 is 0. The molecule has 0 aliphatic carbocycles. The third-order valence-corrected chi connectivity index (χ3v) is 2.01. The molecular weight excluding hydrogens is 236 g/mol. The van der Waals surface area contributed by atoms with E-state index in [-0.39, 0.29) is 5.69 Å². The van der Waals surface area contributed by atoms with Crippen LogP contribution < -0.4 is 11.1 Å². The smallest absolute Gasteiger partial charge is 0.345 e. The van der Waals surface area contributed by atoms with Crippen molar-refractivity contribution in [2.24, 2.45) is 5.10 Å². The van der Waals surface area contributed by atoms with Gasteiger partial charge in [-0.15, -0.1) is 0 Å². The lowest BCUT2D eigenvalue weighted by Crippen LogP contribution is -2.24. The molecule has 92 valence electrons. The average Bonchev–Trinajstić information content (AvgIpc) is 2.80. The number of nitrogens with zero attached hydrogens (tertiary/aromatic N) is 2. The molecule has 0 saturated heterocycles. The monoisotopic (exact) mass is 246 g/mol. The molecule has 7 nitrogen and oxygen atoms in total. The van der Waals surface area contributed by atoms with E-state index in [1.54, 1.807) is 19.1 Å². The molecule has 0 bridgehead atoms. The first-order chi connectivity index (χ1) is 8.65. The van der Waals surface area contributed by atoms with E-state index < -0.39 is 11.6 Å². The second-order valence-corrected chi connectivity index (χ2v) is 3.47. The van der Waals surface area contributed by atoms with Gasteiger partial charge < -0.3 is 9.40 Å². The lowest BCUT2D eigenvalue weighted by atomic mass is 10.3. The summed E-state index contributed by atoms with van der Waals surface area (Å²) in [5, 5.41) is 3.68. The molecule has 0 saturated carbocycles. The standard InChI is InChI=1S/C11H10N4O3/c1-7-5-9(14-11(17)13-7)10(16)15-12-6-8-3-2-4-18-8/h2-6H,1H3,(H,15,16)(H,13,14,17)/b12-6+. The number of hydrazone groups is 1. The van der Waals surface area contributed by atoms with Gasteiger partial charge in [0.2, 0.25) is 0 Å². The Morgan fingerprint density at radius 1 is 1.61 bits per heavy atom. The minimum absolute atomic E-state index is 0.00726. The molecule has 2 rings (SSSR count). The van der Waals surface area contributed by atoms with Crippen LogP contribution in [-0.4, -0.2) is 22.1 Å². The van der Waals surface area contributed by atoms with E-state index in [2.05, 4.69) is 20.5 Å². The van der Waals surface area contributed by atoms with Crippen LogP contribution in [0.25, 0.3) is 0 Å². The fourth-order valence-electron chi connectivity index (χ4n) is 1.27. The predicted octanol–water partition coefficient (Wildman–Crippen LogP) is 0.435. The van der Waals surface area contributed by atoms with E-state index >= 15 is 0 Å². The van der Waals surface area contributed by atoms with Crippen molar-refractivity contribution in [3.63, 3.8) is 0 Å². The van der Waals surface area contributed by atoms with E-state index in [4.69, 9.17) is 4.42 Å². The number of carbonyl (C=O) groups excluding carboxylic acids is 1. The molecule has 0 radical (unpaired) electrons. The van der Waals surface area contributed by atoms with Crippen LogP contribution in [0.15, 0.2) is 38.8 Å². The summed E-state index contributed by atoms with van der Waals surface area (Å²) in [6.07, 6.45) is 2.84. The highest BCUT2D eigenvalue weighted by Gasteiger charge is 2.07. The molecule has 2 N–H and O–H groups in total. The summed E-state index contributed by atoms with van der Waals surface area (Å²) in [4.78, 5) is 28.7. The minimum Gasteiger partial charge on any atom is -0.463 e. The first kappa shape index (κ1) is 11.8. The number of furan rings is 1. The predicted molar refractivity (Wildman–Crippen MR) is 63.4 cm³/mol. The zero-order valence-electron chi connectivity index (χ0n) is 9.51. The minimum atomic E-state index is -0.574. The molecule has 1 amide bonds. The van der Waals surface area contributed by atoms with Gasteiger partial charge in [-0.25, -0.2) is 10.2 Å². The zero-order chi connectivity index (χ0) is 13.0. The normalized spacial score (nSPS) is 10.7. The van der Waals surface area contributed by atoms with Gasteiger partial charge in [-0.05, 0) is 25.1 Å². The largest absolute Gasteiger partial charge is 0.463 e. The van der Waals surface area contributed by atoms with Gasteiger partial charge in [0.25, 0.3) is 5.91 Å². The third-order valence-electron chi connectivity index (χ3n) is 2.01. The molecular formula is C11H10N4O3. The maximum atomic E-state index is 11.6. The molecule has 0 fully saturated rings. The van der Waals surface area contributed by atoms with Crippen LogP contribution in [0.4, 0.5) is 0 Å². The number of aryl methyl sites for hydroxylation is 1. The first-order valence-corrected chi connectivity index (χ1v) is 5.10. The Morgan fingerprint density at radius 3 is 3.11 bits per heavy atom. The summed E-state index contributed by atoms with van der Waals surface area (Å²) < 4.78 is 4.99. The summed E-state index contributed by atoms with van der Waals surface area (Å²) in [6, 6.07) is 4.84. The van der Waals surface area contributed by atoms with Crippen LogP contribution in [0.2, 0.25) is 0 Å². The Labute approximate surface area is 102 Å². The molecule has 0 spiro atoms. The summed E-state index contributed by atoms with van der Waals surface area (Å²) in [6.45, 7) is 1.66. The number of aromatic nitrogens is 2. The molecule has 2 aromatic heterocycles. The molecule has 18 heavy (non-hydrogen) atoms. The summed E-state index contributed by atoms with van der Waals surface area (Å²) in [7, 11) is 0. The van der Waals surface area contributed by atoms with E-state index in [9.17, 15) is 9.59 Å². The molecule has 0 atom stereocenters. The second-order valence-electron chi connectivity index (χ2n) is 3.47. The molecule has 0 aromatic carbocycles. The van der Waals surface area contributed by atoms with Crippen LogP contribution >= 0.6 is 0 Å². The van der Waals surface area contributed by atoms with Crippen molar-refractivity contribution in [1.29, 1.82) is 0 Å². The number of hydrogen-bond acceptors (Lipinski definition) is 5. The van der Waals surface area contributed by atoms with Gasteiger partial charge >= 0.3 is 5.69 Å².